The molecule has 3 aromatic carbocycles. The Morgan fingerprint density at radius 2 is 1.52 bits per heavy atom. The number of carboxylic acids is 2. The van der Waals surface area contributed by atoms with Crippen LogP contribution < -0.4 is 5.32 Å². The Morgan fingerprint density at radius 1 is 0.862 bits per heavy atom. The zero-order valence-corrected chi connectivity index (χ0v) is 15.5. The molecule has 29 heavy (non-hydrogen) atoms. The number of amides is 1. The number of hydrogen-bond donors (Lipinski definition) is 3. The standard InChI is InChI=1S/C23H19NO5/c25-20(24-19-11-5-8-14-6-1-4-10-17(14)19)18-13-23(21(26)27,22(28)29)12-15-7-2-3-9-16(15)18/h1-11,18H,12-13H2,(H,24,25)(H,26,27)(H,28,29). The predicted octanol–water partition coefficient (Wildman–Crippen LogP) is 3.66. The molecule has 6 nitrogen and oxygen atoms in total. The van der Waals surface area contributed by atoms with Crippen LogP contribution in [-0.2, 0) is 20.8 Å². The summed E-state index contributed by atoms with van der Waals surface area (Å²) in [6.45, 7) is 0. The van der Waals surface area contributed by atoms with Gasteiger partial charge >= 0.3 is 11.9 Å². The minimum atomic E-state index is -2.03. The number of aliphatic carboxylic acids is 2. The summed E-state index contributed by atoms with van der Waals surface area (Å²) in [7, 11) is 0. The summed E-state index contributed by atoms with van der Waals surface area (Å²) in [6.07, 6.45) is -0.447. The number of carbonyl (C=O) groups excluding carboxylic acids is 1. The topological polar surface area (TPSA) is 104 Å². The minimum absolute atomic E-state index is 0.147. The van der Waals surface area contributed by atoms with Crippen molar-refractivity contribution in [1.29, 1.82) is 0 Å². The molecule has 0 saturated heterocycles. The van der Waals surface area contributed by atoms with Crippen LogP contribution in [0.3, 0.4) is 0 Å². The van der Waals surface area contributed by atoms with Crippen molar-refractivity contribution < 1.29 is 24.6 Å². The molecule has 1 aliphatic rings. The Balaban J connectivity index is 1.75. The van der Waals surface area contributed by atoms with Gasteiger partial charge in [-0.2, -0.15) is 0 Å². The lowest BCUT2D eigenvalue weighted by atomic mass is 9.66. The Kier molecular flexibility index (Phi) is 4.54. The van der Waals surface area contributed by atoms with Crippen molar-refractivity contribution in [2.24, 2.45) is 5.41 Å². The van der Waals surface area contributed by atoms with Crippen LogP contribution in [0, 0.1) is 5.41 Å². The van der Waals surface area contributed by atoms with Crippen LogP contribution in [0.1, 0.15) is 23.5 Å². The van der Waals surface area contributed by atoms with Crippen LogP contribution >= 0.6 is 0 Å². The molecule has 1 unspecified atom stereocenters. The Bertz CT molecular complexity index is 1120. The summed E-state index contributed by atoms with van der Waals surface area (Å²) in [5.41, 5.74) is -0.188. The van der Waals surface area contributed by atoms with Gasteiger partial charge in [0.15, 0.2) is 5.41 Å². The highest BCUT2D eigenvalue weighted by molar-refractivity contribution is 6.06. The van der Waals surface area contributed by atoms with Gasteiger partial charge in [0.1, 0.15) is 0 Å². The quantitative estimate of drug-likeness (QED) is 0.591. The summed E-state index contributed by atoms with van der Waals surface area (Å²) in [4.78, 5) is 37.0. The van der Waals surface area contributed by atoms with Crippen molar-refractivity contribution in [3.05, 3.63) is 77.9 Å². The van der Waals surface area contributed by atoms with Gasteiger partial charge in [-0.05, 0) is 35.4 Å². The average molecular weight is 389 g/mol. The van der Waals surface area contributed by atoms with Gasteiger partial charge in [-0.25, -0.2) is 0 Å². The van der Waals surface area contributed by atoms with E-state index in [4.69, 9.17) is 0 Å². The third-order valence-corrected chi connectivity index (χ3v) is 5.66. The van der Waals surface area contributed by atoms with Gasteiger partial charge in [0, 0.05) is 11.1 Å². The summed E-state index contributed by atoms with van der Waals surface area (Å²) in [5.74, 6) is -4.16. The molecule has 0 saturated carbocycles. The summed E-state index contributed by atoms with van der Waals surface area (Å²) in [5, 5.41) is 24.1. The lowest BCUT2D eigenvalue weighted by Gasteiger charge is -2.35. The van der Waals surface area contributed by atoms with E-state index in [1.54, 1.807) is 30.3 Å². The second kappa shape index (κ2) is 7.05. The maximum absolute atomic E-state index is 13.2. The SMILES string of the molecule is O=C(Nc1cccc2ccccc12)C1CC(C(=O)O)(C(=O)O)Cc2ccccc21. The van der Waals surface area contributed by atoms with Crippen molar-refractivity contribution in [3.8, 4) is 0 Å². The molecular weight excluding hydrogens is 370 g/mol. The first kappa shape index (κ1) is 18.7. The monoisotopic (exact) mass is 389 g/mol. The maximum atomic E-state index is 13.2. The van der Waals surface area contributed by atoms with Gasteiger partial charge in [-0.15, -0.1) is 0 Å². The Labute approximate surface area is 166 Å². The molecule has 0 radical (unpaired) electrons. The fourth-order valence-electron chi connectivity index (χ4n) is 4.10. The van der Waals surface area contributed by atoms with Gasteiger partial charge in [0.05, 0.1) is 5.92 Å². The van der Waals surface area contributed by atoms with Crippen molar-refractivity contribution in [1.82, 2.24) is 0 Å². The first-order valence-corrected chi connectivity index (χ1v) is 9.25. The fourth-order valence-corrected chi connectivity index (χ4v) is 4.10. The molecule has 0 heterocycles. The Morgan fingerprint density at radius 3 is 2.28 bits per heavy atom. The number of nitrogens with one attached hydrogen (secondary N) is 1. The zero-order chi connectivity index (χ0) is 20.6. The number of rotatable bonds is 4. The molecule has 0 fully saturated rings. The number of hydrogen-bond acceptors (Lipinski definition) is 3. The van der Waals surface area contributed by atoms with E-state index in [0.29, 0.717) is 16.8 Å². The third-order valence-electron chi connectivity index (χ3n) is 5.66. The lowest BCUT2D eigenvalue weighted by molar-refractivity contribution is -0.166. The van der Waals surface area contributed by atoms with Crippen molar-refractivity contribution in [3.63, 3.8) is 0 Å². The van der Waals surface area contributed by atoms with Crippen LogP contribution in [-0.4, -0.2) is 28.1 Å². The Hall–Kier alpha value is -3.67. The van der Waals surface area contributed by atoms with Crippen LogP contribution in [0.5, 0.6) is 0 Å². The van der Waals surface area contributed by atoms with Crippen LogP contribution in [0.15, 0.2) is 66.7 Å². The van der Waals surface area contributed by atoms with Crippen molar-refractivity contribution in [2.45, 2.75) is 18.8 Å². The predicted molar refractivity (Wildman–Crippen MR) is 108 cm³/mol. The lowest BCUT2D eigenvalue weighted by Crippen LogP contribution is -2.47. The van der Waals surface area contributed by atoms with E-state index in [0.717, 1.165) is 10.8 Å². The van der Waals surface area contributed by atoms with E-state index in [1.165, 1.54) is 0 Å². The van der Waals surface area contributed by atoms with Crippen LogP contribution in [0.4, 0.5) is 5.69 Å². The molecule has 0 spiro atoms. The molecule has 1 amide bonds. The van der Waals surface area contributed by atoms with Gasteiger partial charge in [-0.1, -0.05) is 60.7 Å². The number of carboxylic acid groups (broad SMARTS) is 2. The molecule has 3 N–H and O–H groups in total. The van der Waals surface area contributed by atoms with Crippen LogP contribution in [0.25, 0.3) is 10.8 Å². The molecule has 6 heteroatoms. The number of carbonyl (C=O) groups is 3. The molecule has 3 aromatic rings. The molecular formula is C23H19NO5. The maximum Gasteiger partial charge on any atom is 0.321 e. The normalized spacial score (nSPS) is 17.3. The van der Waals surface area contributed by atoms with Crippen molar-refractivity contribution >= 4 is 34.3 Å². The number of fused-ring (bicyclic) bond motifs is 2. The van der Waals surface area contributed by atoms with E-state index in [2.05, 4.69) is 5.32 Å². The van der Waals surface area contributed by atoms with Crippen LogP contribution in [0.2, 0.25) is 0 Å². The van der Waals surface area contributed by atoms with E-state index in [-0.39, 0.29) is 12.8 Å². The third kappa shape index (κ3) is 3.12. The molecule has 0 bridgehead atoms. The second-order valence-electron chi connectivity index (χ2n) is 7.34. The summed E-state index contributed by atoms with van der Waals surface area (Å²) < 4.78 is 0. The smallest absolute Gasteiger partial charge is 0.321 e. The van der Waals surface area contributed by atoms with Gasteiger partial charge in [0.2, 0.25) is 5.91 Å². The number of benzene rings is 3. The van der Waals surface area contributed by atoms with Gasteiger partial charge in [-0.3, -0.25) is 14.4 Å². The fraction of sp³-hybridized carbons (Fsp3) is 0.174. The molecule has 146 valence electrons. The molecule has 4 rings (SSSR count). The molecule has 0 aliphatic heterocycles. The first-order valence-electron chi connectivity index (χ1n) is 9.25. The second-order valence-corrected chi connectivity index (χ2v) is 7.34. The zero-order valence-electron chi connectivity index (χ0n) is 15.5. The highest BCUT2D eigenvalue weighted by Gasteiger charge is 2.52. The number of anilines is 1. The molecule has 1 aliphatic carbocycles. The highest BCUT2D eigenvalue weighted by atomic mass is 16.4. The van der Waals surface area contributed by atoms with E-state index in [1.807, 2.05) is 36.4 Å². The van der Waals surface area contributed by atoms with E-state index < -0.39 is 29.2 Å². The van der Waals surface area contributed by atoms with Gasteiger partial charge < -0.3 is 15.5 Å². The molecule has 1 atom stereocenters. The summed E-state index contributed by atoms with van der Waals surface area (Å²) in [6, 6.07) is 20.1. The largest absolute Gasteiger partial charge is 0.480 e. The van der Waals surface area contributed by atoms with Crippen molar-refractivity contribution in [2.75, 3.05) is 5.32 Å². The first-order chi connectivity index (χ1) is 13.9. The van der Waals surface area contributed by atoms with Gasteiger partial charge in [0.25, 0.3) is 0 Å². The van der Waals surface area contributed by atoms with E-state index >= 15 is 0 Å². The summed E-state index contributed by atoms with van der Waals surface area (Å²) >= 11 is 0. The highest BCUT2D eigenvalue weighted by Crippen LogP contribution is 2.43. The minimum Gasteiger partial charge on any atom is -0.480 e. The molecule has 0 aromatic heterocycles. The van der Waals surface area contributed by atoms with E-state index in [9.17, 15) is 24.6 Å². The average Bonchev–Trinajstić information content (AvgIpc) is 2.72.